The van der Waals surface area contributed by atoms with Crippen LogP contribution in [0, 0.1) is 19.8 Å². The van der Waals surface area contributed by atoms with Gasteiger partial charge in [0.1, 0.15) is 16.2 Å². The second kappa shape index (κ2) is 9.96. The zero-order valence-electron chi connectivity index (χ0n) is 19.7. The van der Waals surface area contributed by atoms with E-state index < -0.39 is 21.9 Å². The summed E-state index contributed by atoms with van der Waals surface area (Å²) in [6.45, 7) is 5.50. The Hall–Kier alpha value is -2.85. The normalized spacial score (nSPS) is 16.9. The van der Waals surface area contributed by atoms with Gasteiger partial charge in [-0.2, -0.15) is 4.31 Å². The van der Waals surface area contributed by atoms with Crippen LogP contribution < -0.4 is 10.1 Å². The third-order valence-corrected chi connectivity index (χ3v) is 8.14. The lowest BCUT2D eigenvalue weighted by atomic mass is 9.99. The molecule has 2 heterocycles. The van der Waals surface area contributed by atoms with Crippen molar-refractivity contribution in [2.75, 3.05) is 32.1 Å². The van der Waals surface area contributed by atoms with Crippen LogP contribution in [0.4, 0.5) is 5.69 Å². The van der Waals surface area contributed by atoms with Crippen LogP contribution in [0.25, 0.3) is 0 Å². The summed E-state index contributed by atoms with van der Waals surface area (Å²) in [4.78, 5) is 25.4. The molecule has 10 heteroatoms. The Morgan fingerprint density at radius 1 is 1.15 bits per heavy atom. The number of nitrogens with one attached hydrogen (secondary N) is 1. The van der Waals surface area contributed by atoms with Gasteiger partial charge >= 0.3 is 5.97 Å². The number of rotatable bonds is 7. The lowest BCUT2D eigenvalue weighted by molar-refractivity contribution is -0.120. The molecule has 9 nitrogen and oxygen atoms in total. The third kappa shape index (κ3) is 4.91. The van der Waals surface area contributed by atoms with E-state index in [4.69, 9.17) is 9.47 Å². The molecule has 2 aromatic rings. The van der Waals surface area contributed by atoms with Crippen molar-refractivity contribution in [1.29, 1.82) is 0 Å². The van der Waals surface area contributed by atoms with Crippen molar-refractivity contribution < 1.29 is 27.5 Å². The summed E-state index contributed by atoms with van der Waals surface area (Å²) in [5, 5.41) is 2.85. The monoisotopic (exact) mass is 477 g/mol. The summed E-state index contributed by atoms with van der Waals surface area (Å²) in [5.74, 6) is -0.740. The largest absolute Gasteiger partial charge is 0.497 e. The molecule has 1 aromatic carbocycles. The molecule has 1 unspecified atom stereocenters. The number of methoxy groups -OCH3 is 1. The first kappa shape index (κ1) is 24.8. The Balaban J connectivity index is 1.85. The molecule has 1 atom stereocenters. The van der Waals surface area contributed by atoms with Gasteiger partial charge in [0.05, 0.1) is 19.6 Å². The van der Waals surface area contributed by atoms with Crippen LogP contribution in [0.5, 0.6) is 5.75 Å². The highest BCUT2D eigenvalue weighted by atomic mass is 32.2. The van der Waals surface area contributed by atoms with Crippen LogP contribution in [0.2, 0.25) is 0 Å². The molecule has 0 bridgehead atoms. The van der Waals surface area contributed by atoms with E-state index in [1.165, 1.54) is 4.31 Å². The molecule has 1 N–H and O–H groups in total. The summed E-state index contributed by atoms with van der Waals surface area (Å²) >= 11 is 0. The fourth-order valence-corrected chi connectivity index (χ4v) is 6.10. The Morgan fingerprint density at radius 3 is 2.42 bits per heavy atom. The van der Waals surface area contributed by atoms with Crippen LogP contribution >= 0.6 is 0 Å². The molecule has 1 amide bonds. The highest BCUT2D eigenvalue weighted by molar-refractivity contribution is 7.89. The van der Waals surface area contributed by atoms with Crippen LogP contribution in [-0.4, -0.2) is 56.0 Å². The van der Waals surface area contributed by atoms with Crippen molar-refractivity contribution in [1.82, 2.24) is 8.87 Å². The maximum atomic E-state index is 13.7. The summed E-state index contributed by atoms with van der Waals surface area (Å²) in [6, 6.07) is 6.95. The quantitative estimate of drug-likeness (QED) is 0.615. The van der Waals surface area contributed by atoms with Crippen LogP contribution in [0.3, 0.4) is 0 Å². The van der Waals surface area contributed by atoms with Crippen molar-refractivity contribution in [3.8, 4) is 5.75 Å². The predicted octanol–water partition coefficient (Wildman–Crippen LogP) is 2.87. The van der Waals surface area contributed by atoms with Gasteiger partial charge in [0.25, 0.3) is 0 Å². The Kier molecular flexibility index (Phi) is 7.48. The van der Waals surface area contributed by atoms with Crippen LogP contribution in [0.1, 0.15) is 41.5 Å². The number of esters is 1. The number of benzene rings is 1. The fourth-order valence-electron chi connectivity index (χ4n) is 4.10. The van der Waals surface area contributed by atoms with E-state index in [2.05, 4.69) is 5.32 Å². The molecule has 3 rings (SSSR count). The maximum Gasteiger partial charge on any atom is 0.341 e. The van der Waals surface area contributed by atoms with Gasteiger partial charge < -0.3 is 19.4 Å². The minimum Gasteiger partial charge on any atom is -0.497 e. The third-order valence-electron chi connectivity index (χ3n) is 6.11. The number of aromatic nitrogens is 1. The number of amides is 1. The zero-order valence-corrected chi connectivity index (χ0v) is 20.5. The number of hydrogen-bond acceptors (Lipinski definition) is 6. The van der Waals surface area contributed by atoms with Gasteiger partial charge in [-0.15, -0.1) is 0 Å². The molecule has 0 saturated carbocycles. The average Bonchev–Trinajstić information content (AvgIpc) is 3.04. The predicted molar refractivity (Wildman–Crippen MR) is 124 cm³/mol. The molecule has 0 radical (unpaired) electrons. The minimum atomic E-state index is -4.02. The number of nitrogens with zero attached hydrogens (tertiary/aromatic N) is 2. The Morgan fingerprint density at radius 2 is 1.82 bits per heavy atom. The first-order valence-electron chi connectivity index (χ1n) is 10.9. The van der Waals surface area contributed by atoms with Gasteiger partial charge in [0.15, 0.2) is 0 Å². The highest BCUT2D eigenvalue weighted by Gasteiger charge is 2.39. The lowest BCUT2D eigenvalue weighted by Crippen LogP contribution is -2.44. The first-order chi connectivity index (χ1) is 15.6. The number of carbonyl (C=O) groups excluding carboxylic acids is 2. The van der Waals surface area contributed by atoms with Gasteiger partial charge in [0.2, 0.25) is 15.9 Å². The minimum absolute atomic E-state index is 0.0416. The molecule has 1 saturated heterocycles. The van der Waals surface area contributed by atoms with Crippen molar-refractivity contribution >= 4 is 27.6 Å². The molecule has 33 heavy (non-hydrogen) atoms. The molecule has 1 aromatic heterocycles. The topological polar surface area (TPSA) is 107 Å². The van der Waals surface area contributed by atoms with Crippen molar-refractivity contribution in [3.63, 3.8) is 0 Å². The average molecular weight is 478 g/mol. The van der Waals surface area contributed by atoms with E-state index in [1.807, 2.05) is 0 Å². The summed E-state index contributed by atoms with van der Waals surface area (Å²) in [5.41, 5.74) is 1.65. The maximum absolute atomic E-state index is 13.7. The summed E-state index contributed by atoms with van der Waals surface area (Å²) < 4.78 is 40.6. The number of ether oxygens (including phenoxy) is 2. The van der Waals surface area contributed by atoms with E-state index in [0.717, 1.165) is 0 Å². The van der Waals surface area contributed by atoms with Gasteiger partial charge in [0, 0.05) is 37.2 Å². The van der Waals surface area contributed by atoms with Crippen LogP contribution in [-0.2, 0) is 26.6 Å². The highest BCUT2D eigenvalue weighted by Crippen LogP contribution is 2.32. The molecule has 180 valence electrons. The second-order valence-electron chi connectivity index (χ2n) is 8.07. The lowest BCUT2D eigenvalue weighted by Gasteiger charge is -2.31. The molecule has 1 fully saturated rings. The SMILES string of the molecule is CCOC(=O)c1c(S(=O)(=O)N2CCCC(C(=O)Nc3ccc(OC)cc3)C2)c(C)n(C)c1C. The van der Waals surface area contributed by atoms with Gasteiger partial charge in [-0.25, -0.2) is 13.2 Å². The Bertz CT molecular complexity index is 1140. The molecule has 1 aliphatic rings. The first-order valence-corrected chi connectivity index (χ1v) is 12.3. The van der Waals surface area contributed by atoms with E-state index in [1.54, 1.807) is 63.8 Å². The number of anilines is 1. The molecular formula is C23H31N3O6S. The van der Waals surface area contributed by atoms with Gasteiger partial charge in [-0.1, -0.05) is 0 Å². The second-order valence-corrected chi connectivity index (χ2v) is 9.95. The van der Waals surface area contributed by atoms with Gasteiger partial charge in [-0.3, -0.25) is 4.79 Å². The molecule has 0 spiro atoms. The number of sulfonamides is 1. The summed E-state index contributed by atoms with van der Waals surface area (Å²) in [7, 11) is -0.742. The van der Waals surface area contributed by atoms with E-state index >= 15 is 0 Å². The number of piperidine rings is 1. The van der Waals surface area contributed by atoms with E-state index in [0.29, 0.717) is 35.7 Å². The van der Waals surface area contributed by atoms with Gasteiger partial charge in [-0.05, 0) is 57.9 Å². The molecule has 0 aliphatic carbocycles. The number of carbonyl (C=O) groups is 2. The van der Waals surface area contributed by atoms with Crippen molar-refractivity contribution in [2.24, 2.45) is 13.0 Å². The molecular weight excluding hydrogens is 446 g/mol. The van der Waals surface area contributed by atoms with E-state index in [9.17, 15) is 18.0 Å². The fraction of sp³-hybridized carbons (Fsp3) is 0.478. The van der Waals surface area contributed by atoms with Crippen LogP contribution in [0.15, 0.2) is 29.2 Å². The van der Waals surface area contributed by atoms with E-state index in [-0.39, 0.29) is 36.1 Å². The smallest absolute Gasteiger partial charge is 0.341 e. The Labute approximate surface area is 194 Å². The summed E-state index contributed by atoms with van der Waals surface area (Å²) in [6.07, 6.45) is 1.12. The standard InChI is InChI=1S/C23H31N3O6S/c1-6-32-23(28)20-15(2)25(4)16(3)21(20)33(29,30)26-13-7-8-17(14-26)22(27)24-18-9-11-19(31-5)12-10-18/h9-12,17H,6-8,13-14H2,1-5H3,(H,24,27). The van der Waals surface area contributed by atoms with Crippen molar-refractivity contribution in [3.05, 3.63) is 41.2 Å². The van der Waals surface area contributed by atoms with Crippen molar-refractivity contribution in [2.45, 2.75) is 38.5 Å². The molecule has 1 aliphatic heterocycles. The zero-order chi connectivity index (χ0) is 24.3. The number of hydrogen-bond donors (Lipinski definition) is 1.